The van der Waals surface area contributed by atoms with Gasteiger partial charge >= 0.3 is 0 Å². The molecule has 0 saturated heterocycles. The van der Waals surface area contributed by atoms with Crippen LogP contribution in [-0.4, -0.2) is 15.3 Å². The average molecular weight is 363 g/mol. The highest BCUT2D eigenvalue weighted by atomic mass is 19.1. The summed E-state index contributed by atoms with van der Waals surface area (Å²) in [5, 5.41) is 2.79. The molecule has 2 heterocycles. The summed E-state index contributed by atoms with van der Waals surface area (Å²) < 4.78 is 28.4. The Kier molecular flexibility index (Phi) is 4.38. The van der Waals surface area contributed by atoms with Gasteiger partial charge in [-0.2, -0.15) is 0 Å². The Morgan fingerprint density at radius 1 is 0.926 bits per heavy atom. The van der Waals surface area contributed by atoms with E-state index in [2.05, 4.69) is 10.3 Å². The monoisotopic (exact) mass is 363 g/mol. The molecule has 0 aliphatic heterocycles. The maximum atomic E-state index is 13.8. The van der Waals surface area contributed by atoms with E-state index >= 15 is 0 Å². The largest absolute Gasteiger partial charge is 0.309 e. The number of nitrogens with zero attached hydrogens (tertiary/aromatic N) is 2. The van der Waals surface area contributed by atoms with Crippen LogP contribution in [-0.2, 0) is 11.2 Å². The molecule has 1 N–H and O–H groups in total. The molecule has 0 fully saturated rings. The second-order valence-electron chi connectivity index (χ2n) is 6.10. The second kappa shape index (κ2) is 6.99. The predicted molar refractivity (Wildman–Crippen MR) is 99.3 cm³/mol. The van der Waals surface area contributed by atoms with Gasteiger partial charge in [0, 0.05) is 11.8 Å². The van der Waals surface area contributed by atoms with Crippen molar-refractivity contribution in [2.75, 3.05) is 5.32 Å². The Morgan fingerprint density at radius 3 is 2.37 bits per heavy atom. The average Bonchev–Trinajstić information content (AvgIpc) is 3.01. The van der Waals surface area contributed by atoms with Gasteiger partial charge in [-0.3, -0.25) is 9.20 Å². The van der Waals surface area contributed by atoms with E-state index in [-0.39, 0.29) is 18.1 Å². The van der Waals surface area contributed by atoms with Gasteiger partial charge in [0.2, 0.25) is 5.91 Å². The lowest BCUT2D eigenvalue weighted by molar-refractivity contribution is -0.115. The molecule has 0 spiro atoms. The summed E-state index contributed by atoms with van der Waals surface area (Å²) in [7, 11) is 0. The Labute approximate surface area is 154 Å². The molecule has 2 aromatic carbocycles. The zero-order valence-electron chi connectivity index (χ0n) is 14.2. The summed E-state index contributed by atoms with van der Waals surface area (Å²) in [5.41, 5.74) is 2.60. The number of hydrogen-bond acceptors (Lipinski definition) is 2. The van der Waals surface area contributed by atoms with Gasteiger partial charge in [0.05, 0.1) is 12.1 Å². The molecule has 0 unspecified atom stereocenters. The minimum Gasteiger partial charge on any atom is -0.309 e. The van der Waals surface area contributed by atoms with Gasteiger partial charge in [0.25, 0.3) is 0 Å². The van der Waals surface area contributed by atoms with Gasteiger partial charge in [-0.25, -0.2) is 13.8 Å². The van der Waals surface area contributed by atoms with Crippen molar-refractivity contribution in [1.82, 2.24) is 9.38 Å². The van der Waals surface area contributed by atoms with E-state index in [9.17, 15) is 13.6 Å². The van der Waals surface area contributed by atoms with Crippen molar-refractivity contribution in [3.8, 4) is 11.3 Å². The number of carbonyl (C=O) groups excluding carboxylic acids is 1. The molecule has 1 amide bonds. The Balaban J connectivity index is 1.70. The zero-order valence-corrected chi connectivity index (χ0v) is 14.2. The number of rotatable bonds is 4. The van der Waals surface area contributed by atoms with Crippen LogP contribution in [0.5, 0.6) is 0 Å². The quantitative estimate of drug-likeness (QED) is 0.582. The molecule has 134 valence electrons. The number of benzene rings is 2. The van der Waals surface area contributed by atoms with Crippen molar-refractivity contribution in [2.24, 2.45) is 0 Å². The van der Waals surface area contributed by atoms with Crippen LogP contribution in [0.1, 0.15) is 5.56 Å². The number of amides is 1. The third-order valence-corrected chi connectivity index (χ3v) is 4.17. The minimum atomic E-state index is -0.402. The van der Waals surface area contributed by atoms with Gasteiger partial charge in [-0.05, 0) is 29.8 Å². The summed E-state index contributed by atoms with van der Waals surface area (Å²) >= 11 is 0. The molecular weight excluding hydrogens is 348 g/mol. The minimum absolute atomic E-state index is 0.0801. The highest BCUT2D eigenvalue weighted by Gasteiger charge is 2.17. The number of imidazole rings is 1. The number of fused-ring (bicyclic) bond motifs is 1. The Morgan fingerprint density at radius 2 is 1.63 bits per heavy atom. The van der Waals surface area contributed by atoms with Crippen LogP contribution in [0.25, 0.3) is 16.9 Å². The van der Waals surface area contributed by atoms with Crippen molar-refractivity contribution in [3.63, 3.8) is 0 Å². The van der Waals surface area contributed by atoms with Crippen molar-refractivity contribution < 1.29 is 13.6 Å². The summed E-state index contributed by atoms with van der Waals surface area (Å²) in [6.45, 7) is 0. The number of nitrogens with one attached hydrogen (secondary N) is 1. The third-order valence-electron chi connectivity index (χ3n) is 4.17. The molecule has 4 rings (SSSR count). The molecule has 2 aromatic heterocycles. The molecule has 4 nitrogen and oxygen atoms in total. The first kappa shape index (κ1) is 16.9. The van der Waals surface area contributed by atoms with Crippen LogP contribution in [0.3, 0.4) is 0 Å². The van der Waals surface area contributed by atoms with E-state index in [1.54, 1.807) is 22.6 Å². The molecule has 0 bridgehead atoms. The first-order valence-electron chi connectivity index (χ1n) is 8.37. The number of aromatic nitrogens is 2. The fourth-order valence-electron chi connectivity index (χ4n) is 2.94. The Bertz CT molecular complexity index is 1110. The molecule has 0 saturated carbocycles. The Hall–Kier alpha value is -3.54. The molecule has 0 aliphatic rings. The normalized spacial score (nSPS) is 10.9. The van der Waals surface area contributed by atoms with Crippen LogP contribution < -0.4 is 5.32 Å². The number of halogens is 2. The number of hydrogen-bond donors (Lipinski definition) is 1. The molecule has 27 heavy (non-hydrogen) atoms. The van der Waals surface area contributed by atoms with Crippen LogP contribution in [0.15, 0.2) is 72.9 Å². The molecule has 0 radical (unpaired) electrons. The lowest BCUT2D eigenvalue weighted by Crippen LogP contribution is -2.15. The van der Waals surface area contributed by atoms with Crippen LogP contribution in [0, 0.1) is 11.6 Å². The fourth-order valence-corrected chi connectivity index (χ4v) is 2.94. The SMILES string of the molecule is O=C(Cc1ccc(F)cc1)Nc1nc2ccc(F)cn2c1-c1ccccc1. The lowest BCUT2D eigenvalue weighted by atomic mass is 10.1. The van der Waals surface area contributed by atoms with Crippen LogP contribution in [0.4, 0.5) is 14.6 Å². The lowest BCUT2D eigenvalue weighted by Gasteiger charge is -2.07. The van der Waals surface area contributed by atoms with Gasteiger partial charge in [0.1, 0.15) is 17.3 Å². The highest BCUT2D eigenvalue weighted by molar-refractivity contribution is 5.95. The van der Waals surface area contributed by atoms with Gasteiger partial charge in [-0.1, -0.05) is 42.5 Å². The number of anilines is 1. The van der Waals surface area contributed by atoms with Crippen molar-refractivity contribution >= 4 is 17.4 Å². The van der Waals surface area contributed by atoms with Gasteiger partial charge in [-0.15, -0.1) is 0 Å². The smallest absolute Gasteiger partial charge is 0.230 e. The highest BCUT2D eigenvalue weighted by Crippen LogP contribution is 2.29. The third kappa shape index (κ3) is 3.55. The van der Waals surface area contributed by atoms with E-state index in [0.717, 1.165) is 5.56 Å². The number of pyridine rings is 1. The van der Waals surface area contributed by atoms with Crippen molar-refractivity contribution in [2.45, 2.75) is 6.42 Å². The van der Waals surface area contributed by atoms with E-state index in [4.69, 9.17) is 0 Å². The van der Waals surface area contributed by atoms with E-state index in [1.165, 1.54) is 24.4 Å². The van der Waals surface area contributed by atoms with Gasteiger partial charge < -0.3 is 5.32 Å². The topological polar surface area (TPSA) is 46.4 Å². The van der Waals surface area contributed by atoms with Gasteiger partial charge in [0.15, 0.2) is 5.82 Å². The maximum absolute atomic E-state index is 13.8. The molecule has 4 aromatic rings. The van der Waals surface area contributed by atoms with Crippen molar-refractivity contribution in [1.29, 1.82) is 0 Å². The standard InChI is InChI=1S/C21H15F2N3O/c22-16-8-6-14(7-9-16)12-19(27)25-21-20(15-4-2-1-3-5-15)26-13-17(23)10-11-18(26)24-21/h1-11,13H,12H2,(H,25,27). The molecule has 6 heteroatoms. The molecular formula is C21H15F2N3O. The summed E-state index contributed by atoms with van der Waals surface area (Å²) in [4.78, 5) is 16.9. The summed E-state index contributed by atoms with van der Waals surface area (Å²) in [5.74, 6) is -0.698. The molecule has 0 atom stereocenters. The zero-order chi connectivity index (χ0) is 18.8. The fraction of sp³-hybridized carbons (Fsp3) is 0.0476. The van der Waals surface area contributed by atoms with E-state index in [0.29, 0.717) is 22.7 Å². The predicted octanol–water partition coefficient (Wildman–Crippen LogP) is 4.46. The first-order valence-corrected chi connectivity index (χ1v) is 8.37. The van der Waals surface area contributed by atoms with Crippen LogP contribution >= 0.6 is 0 Å². The first-order chi connectivity index (χ1) is 13.1. The number of carbonyl (C=O) groups is 1. The second-order valence-corrected chi connectivity index (χ2v) is 6.10. The summed E-state index contributed by atoms with van der Waals surface area (Å²) in [6, 6.07) is 17.9. The molecule has 0 aliphatic carbocycles. The summed E-state index contributed by atoms with van der Waals surface area (Å²) in [6.07, 6.45) is 1.41. The maximum Gasteiger partial charge on any atom is 0.230 e. The van der Waals surface area contributed by atoms with Crippen molar-refractivity contribution in [3.05, 3.63) is 90.1 Å². The van der Waals surface area contributed by atoms with Crippen LogP contribution in [0.2, 0.25) is 0 Å². The van der Waals surface area contributed by atoms with E-state index in [1.807, 2.05) is 30.3 Å². The van der Waals surface area contributed by atoms with E-state index < -0.39 is 5.82 Å².